The lowest BCUT2D eigenvalue weighted by Gasteiger charge is -2.37. The summed E-state index contributed by atoms with van der Waals surface area (Å²) in [6, 6.07) is 22.5. The minimum absolute atomic E-state index is 0. The number of rotatable bonds is 9. The van der Waals surface area contributed by atoms with Gasteiger partial charge in [0.2, 0.25) is 11.6 Å². The highest BCUT2D eigenvalue weighted by Gasteiger charge is 2.44. The van der Waals surface area contributed by atoms with Crippen molar-refractivity contribution in [2.75, 3.05) is 0 Å². The molecule has 1 aromatic heterocycles. The number of nitrogen functional groups attached to an aromatic ring is 1. The van der Waals surface area contributed by atoms with Crippen molar-refractivity contribution in [3.63, 3.8) is 0 Å². The minimum Gasteiger partial charge on any atom is -0.478 e. The van der Waals surface area contributed by atoms with E-state index in [-0.39, 0.29) is 42.8 Å². The molecule has 3 aromatic carbocycles. The van der Waals surface area contributed by atoms with E-state index in [2.05, 4.69) is 5.32 Å². The van der Waals surface area contributed by atoms with E-state index in [1.165, 1.54) is 24.3 Å². The van der Waals surface area contributed by atoms with Crippen LogP contribution in [0.4, 0.5) is 0 Å². The number of amidine groups is 1. The summed E-state index contributed by atoms with van der Waals surface area (Å²) < 4.78 is 0. The maximum atomic E-state index is 13.0. The number of hydrogen-bond donors (Lipinski definition) is 5. The molecule has 0 aliphatic carbocycles. The first-order valence-corrected chi connectivity index (χ1v) is 12.5. The van der Waals surface area contributed by atoms with Crippen molar-refractivity contribution in [2.45, 2.75) is 25.7 Å². The Kier molecular flexibility index (Phi) is 9.08. The van der Waals surface area contributed by atoms with E-state index in [1.807, 2.05) is 6.07 Å². The monoisotopic (exact) mass is 565 g/mol. The Morgan fingerprint density at radius 2 is 1.74 bits per heavy atom. The average Bonchev–Trinajstić information content (AvgIpc) is 3.39. The average molecular weight is 566 g/mol. The molecule has 0 aliphatic heterocycles. The molecule has 0 saturated heterocycles. The minimum atomic E-state index is -2.14. The van der Waals surface area contributed by atoms with E-state index in [1.54, 1.807) is 66.7 Å². The highest BCUT2D eigenvalue weighted by Crippen LogP contribution is 2.30. The van der Waals surface area contributed by atoms with Gasteiger partial charge in [0.15, 0.2) is 0 Å². The number of carbonyl (C=O) groups is 3. The second kappa shape index (κ2) is 12.1. The molecular formula is C28H28ClN5O4S. The smallest absolute Gasteiger partial charge is 0.349 e. The third-order valence-corrected chi connectivity index (χ3v) is 7.35. The van der Waals surface area contributed by atoms with Crippen LogP contribution in [0.3, 0.4) is 0 Å². The van der Waals surface area contributed by atoms with Crippen LogP contribution >= 0.6 is 23.7 Å². The Labute approximate surface area is 235 Å². The highest BCUT2D eigenvalue weighted by atomic mass is 35.5. The van der Waals surface area contributed by atoms with Crippen molar-refractivity contribution in [3.05, 3.63) is 105 Å². The van der Waals surface area contributed by atoms with Crippen LogP contribution in [0.2, 0.25) is 0 Å². The summed E-state index contributed by atoms with van der Waals surface area (Å²) in [5.41, 5.74) is 11.2. The molecule has 4 rings (SSSR count). The molecule has 0 radical (unpaired) electrons. The zero-order valence-electron chi connectivity index (χ0n) is 21.0. The molecule has 1 unspecified atom stereocenters. The number of carbonyl (C=O) groups excluding carboxylic acids is 2. The fourth-order valence-electron chi connectivity index (χ4n) is 4.24. The summed E-state index contributed by atoms with van der Waals surface area (Å²) in [4.78, 5) is 40.8. The summed E-state index contributed by atoms with van der Waals surface area (Å²) in [7, 11) is 0. The Balaban J connectivity index is 0.00000420. The SMILES string of the molecule is CC(=O)N(Cc1ccccc1)C(N)(C(=O)O)c1ccc2c(C(=O)NCc3ccc(C(=N)N)s3)cccc2c1.Cl. The number of thiophene rings is 1. The first kappa shape index (κ1) is 29.3. The quantitative estimate of drug-likeness (QED) is 0.118. The number of nitrogens with one attached hydrogen (secondary N) is 2. The largest absolute Gasteiger partial charge is 0.478 e. The third-order valence-electron chi connectivity index (χ3n) is 6.23. The lowest BCUT2D eigenvalue weighted by atomic mass is 9.93. The first-order valence-electron chi connectivity index (χ1n) is 11.7. The molecule has 0 bridgehead atoms. The molecule has 9 nitrogen and oxygen atoms in total. The predicted molar refractivity (Wildman–Crippen MR) is 154 cm³/mol. The van der Waals surface area contributed by atoms with E-state index in [0.717, 1.165) is 15.3 Å². The lowest BCUT2D eigenvalue weighted by Crippen LogP contribution is -2.60. The van der Waals surface area contributed by atoms with Gasteiger partial charge in [0.25, 0.3) is 5.91 Å². The number of benzene rings is 3. The van der Waals surface area contributed by atoms with Crippen LogP contribution in [-0.4, -0.2) is 33.6 Å². The predicted octanol–water partition coefficient (Wildman–Crippen LogP) is 3.78. The number of amides is 2. The standard InChI is InChI=1S/C28H27N5O4S.ClH/c1-17(34)33(16-18-6-3-2-4-7-18)28(31,27(36)37)20-10-12-22-19(14-20)8-5-9-23(22)26(35)32-15-21-11-13-24(38-21)25(29)30;/h2-14H,15-16,31H2,1H3,(H3,29,30)(H,32,35)(H,36,37);1H. The summed E-state index contributed by atoms with van der Waals surface area (Å²) in [5, 5.41) is 21.8. The number of aliphatic carboxylic acids is 1. The molecule has 2 amide bonds. The van der Waals surface area contributed by atoms with Crippen molar-refractivity contribution in [1.29, 1.82) is 5.41 Å². The van der Waals surface area contributed by atoms with Gasteiger partial charge in [0, 0.05) is 29.5 Å². The summed E-state index contributed by atoms with van der Waals surface area (Å²) in [6.07, 6.45) is 0. The molecule has 0 spiro atoms. The van der Waals surface area contributed by atoms with Crippen LogP contribution in [0.25, 0.3) is 10.8 Å². The summed E-state index contributed by atoms with van der Waals surface area (Å²) >= 11 is 1.33. The fourth-order valence-corrected chi connectivity index (χ4v) is 5.05. The van der Waals surface area contributed by atoms with Crippen LogP contribution in [0.1, 0.15) is 38.2 Å². The van der Waals surface area contributed by atoms with Gasteiger partial charge in [-0.05, 0) is 40.6 Å². The fraction of sp³-hybridized carbons (Fsp3) is 0.143. The van der Waals surface area contributed by atoms with Gasteiger partial charge in [-0.15, -0.1) is 23.7 Å². The zero-order valence-corrected chi connectivity index (χ0v) is 22.6. The third kappa shape index (κ3) is 6.09. The van der Waals surface area contributed by atoms with Crippen LogP contribution in [-0.2, 0) is 28.3 Å². The Hall–Kier alpha value is -4.25. The number of carboxylic acid groups (broad SMARTS) is 1. The van der Waals surface area contributed by atoms with E-state index in [9.17, 15) is 19.5 Å². The van der Waals surface area contributed by atoms with Crippen molar-refractivity contribution in [1.82, 2.24) is 10.2 Å². The van der Waals surface area contributed by atoms with Crippen molar-refractivity contribution in [2.24, 2.45) is 11.5 Å². The molecule has 1 atom stereocenters. The number of carboxylic acids is 1. The second-order valence-electron chi connectivity index (χ2n) is 8.77. The number of nitrogens with two attached hydrogens (primary N) is 2. The normalized spacial score (nSPS) is 12.2. The van der Waals surface area contributed by atoms with Gasteiger partial charge < -0.3 is 21.1 Å². The molecule has 0 aliphatic rings. The van der Waals surface area contributed by atoms with Crippen LogP contribution < -0.4 is 16.8 Å². The molecule has 202 valence electrons. The molecule has 0 saturated carbocycles. The lowest BCUT2D eigenvalue weighted by molar-refractivity contribution is -0.160. The van der Waals surface area contributed by atoms with Crippen molar-refractivity contribution in [3.8, 4) is 0 Å². The second-order valence-corrected chi connectivity index (χ2v) is 9.93. The van der Waals surface area contributed by atoms with Gasteiger partial charge in [0.05, 0.1) is 11.4 Å². The molecular weight excluding hydrogens is 538 g/mol. The first-order chi connectivity index (χ1) is 18.1. The highest BCUT2D eigenvalue weighted by molar-refractivity contribution is 7.14. The van der Waals surface area contributed by atoms with Gasteiger partial charge >= 0.3 is 5.97 Å². The van der Waals surface area contributed by atoms with Crippen LogP contribution in [0.15, 0.2) is 78.9 Å². The van der Waals surface area contributed by atoms with Crippen LogP contribution in [0, 0.1) is 5.41 Å². The van der Waals surface area contributed by atoms with Crippen molar-refractivity contribution >= 4 is 58.1 Å². The van der Waals surface area contributed by atoms with E-state index in [4.69, 9.17) is 16.9 Å². The Morgan fingerprint density at radius 3 is 2.36 bits per heavy atom. The molecule has 0 fully saturated rings. The number of halogens is 1. The number of fused-ring (bicyclic) bond motifs is 1. The van der Waals surface area contributed by atoms with Crippen LogP contribution in [0.5, 0.6) is 0 Å². The summed E-state index contributed by atoms with van der Waals surface area (Å²) in [6.45, 7) is 1.56. The Morgan fingerprint density at radius 1 is 1.03 bits per heavy atom. The van der Waals surface area contributed by atoms with E-state index in [0.29, 0.717) is 21.2 Å². The summed E-state index contributed by atoms with van der Waals surface area (Å²) in [5.74, 6) is -2.21. The molecule has 11 heteroatoms. The topological polar surface area (TPSA) is 163 Å². The molecule has 7 N–H and O–H groups in total. The zero-order chi connectivity index (χ0) is 27.4. The van der Waals surface area contributed by atoms with Gasteiger partial charge in [-0.3, -0.25) is 20.7 Å². The van der Waals surface area contributed by atoms with Gasteiger partial charge in [-0.1, -0.05) is 54.6 Å². The van der Waals surface area contributed by atoms with Gasteiger partial charge in [-0.2, -0.15) is 0 Å². The Bertz CT molecular complexity index is 1540. The van der Waals surface area contributed by atoms with Crippen molar-refractivity contribution < 1.29 is 19.5 Å². The van der Waals surface area contributed by atoms with E-state index >= 15 is 0 Å². The maximum Gasteiger partial charge on any atom is 0.349 e. The van der Waals surface area contributed by atoms with E-state index < -0.39 is 17.5 Å². The number of nitrogens with zero attached hydrogens (tertiary/aromatic N) is 1. The maximum absolute atomic E-state index is 13.0. The molecule has 39 heavy (non-hydrogen) atoms. The number of hydrogen-bond acceptors (Lipinski definition) is 6. The molecule has 1 heterocycles. The van der Waals surface area contributed by atoms with Gasteiger partial charge in [0.1, 0.15) is 5.84 Å². The van der Waals surface area contributed by atoms with Gasteiger partial charge in [-0.25, -0.2) is 4.79 Å². The molecule has 4 aromatic rings.